The van der Waals surface area contributed by atoms with E-state index in [0.717, 1.165) is 24.1 Å². The van der Waals surface area contributed by atoms with Crippen LogP contribution in [-0.2, 0) is 4.79 Å². The van der Waals surface area contributed by atoms with Crippen LogP contribution in [0.3, 0.4) is 0 Å². The summed E-state index contributed by atoms with van der Waals surface area (Å²) in [7, 11) is 0. The van der Waals surface area contributed by atoms with Crippen molar-refractivity contribution in [2.24, 2.45) is 5.10 Å². The summed E-state index contributed by atoms with van der Waals surface area (Å²) in [5.74, 6) is -0.0683. The van der Waals surface area contributed by atoms with Gasteiger partial charge in [-0.1, -0.05) is 49.7 Å². The highest BCUT2D eigenvalue weighted by molar-refractivity contribution is 6.11. The normalized spacial score (nSPS) is 11.2. The molecule has 0 spiro atoms. The number of hydrogen-bond acceptors (Lipinski definition) is 3. The molecule has 0 aliphatic heterocycles. The van der Waals surface area contributed by atoms with Gasteiger partial charge in [-0.2, -0.15) is 5.10 Å². The average molecular weight is 281 g/mol. The summed E-state index contributed by atoms with van der Waals surface area (Å²) in [5.41, 5.74) is 4.95. The molecule has 2 rings (SSSR count). The third-order valence-corrected chi connectivity index (χ3v) is 3.00. The van der Waals surface area contributed by atoms with Gasteiger partial charge in [0.2, 0.25) is 5.91 Å². The first-order valence-corrected chi connectivity index (χ1v) is 7.14. The molecule has 0 aliphatic carbocycles. The minimum absolute atomic E-state index is 0.0683. The fraction of sp³-hybridized carbons (Fsp3) is 0.235. The second-order valence-electron chi connectivity index (χ2n) is 4.68. The fourth-order valence-electron chi connectivity index (χ4n) is 1.88. The molecule has 0 saturated heterocycles. The van der Waals surface area contributed by atoms with Gasteiger partial charge < -0.3 is 0 Å². The van der Waals surface area contributed by atoms with Gasteiger partial charge in [-0.25, -0.2) is 5.43 Å². The van der Waals surface area contributed by atoms with Crippen LogP contribution in [0.15, 0.2) is 59.8 Å². The number of benzene rings is 1. The van der Waals surface area contributed by atoms with Gasteiger partial charge in [0.15, 0.2) is 0 Å². The molecule has 0 saturated carbocycles. The minimum atomic E-state index is -0.0683. The second-order valence-corrected chi connectivity index (χ2v) is 4.68. The highest BCUT2D eigenvalue weighted by atomic mass is 16.2. The standard InChI is InChI=1S/C17H19N3O/c1-2-3-12-16(21)19-20-17(14-9-5-4-6-10-14)15-11-7-8-13-18-15/h4-11,13H,2-3,12H2,1H3,(H,19,21)/b20-17-. The maximum absolute atomic E-state index is 11.7. The number of pyridine rings is 1. The molecule has 1 amide bonds. The Morgan fingerprint density at radius 2 is 1.90 bits per heavy atom. The molecule has 0 radical (unpaired) electrons. The van der Waals surface area contributed by atoms with Crippen molar-refractivity contribution in [3.63, 3.8) is 0 Å². The minimum Gasteiger partial charge on any atom is -0.273 e. The largest absolute Gasteiger partial charge is 0.273 e. The zero-order chi connectivity index (χ0) is 14.9. The predicted octanol–water partition coefficient (Wildman–Crippen LogP) is 3.14. The monoisotopic (exact) mass is 281 g/mol. The highest BCUT2D eigenvalue weighted by Gasteiger charge is 2.08. The number of unbranched alkanes of at least 4 members (excludes halogenated alkanes) is 1. The van der Waals surface area contributed by atoms with Crippen molar-refractivity contribution in [3.05, 3.63) is 66.0 Å². The number of nitrogens with one attached hydrogen (secondary N) is 1. The molecule has 21 heavy (non-hydrogen) atoms. The van der Waals surface area contributed by atoms with Crippen LogP contribution in [0.4, 0.5) is 0 Å². The molecule has 0 aliphatic rings. The Labute approximate surface area is 124 Å². The van der Waals surface area contributed by atoms with Crippen molar-refractivity contribution in [2.45, 2.75) is 26.2 Å². The van der Waals surface area contributed by atoms with Crippen molar-refractivity contribution in [1.82, 2.24) is 10.4 Å². The van der Waals surface area contributed by atoms with E-state index in [9.17, 15) is 4.79 Å². The molecular weight excluding hydrogens is 262 g/mol. The van der Waals surface area contributed by atoms with Crippen LogP contribution < -0.4 is 5.43 Å². The first-order chi connectivity index (χ1) is 10.3. The van der Waals surface area contributed by atoms with Gasteiger partial charge in [0.05, 0.1) is 5.69 Å². The van der Waals surface area contributed by atoms with Crippen LogP contribution >= 0.6 is 0 Å². The van der Waals surface area contributed by atoms with Gasteiger partial charge in [-0.15, -0.1) is 0 Å². The first-order valence-electron chi connectivity index (χ1n) is 7.14. The Balaban J connectivity index is 2.23. The SMILES string of the molecule is CCCCC(=O)N/N=C(/c1ccccc1)c1ccccn1. The van der Waals surface area contributed by atoms with Crippen LogP contribution in [0.5, 0.6) is 0 Å². The Morgan fingerprint density at radius 3 is 2.57 bits per heavy atom. The van der Waals surface area contributed by atoms with Gasteiger partial charge in [0.1, 0.15) is 5.71 Å². The van der Waals surface area contributed by atoms with E-state index in [1.165, 1.54) is 0 Å². The molecular formula is C17H19N3O. The molecule has 1 N–H and O–H groups in total. The van der Waals surface area contributed by atoms with E-state index in [1.807, 2.05) is 48.5 Å². The molecule has 1 heterocycles. The van der Waals surface area contributed by atoms with E-state index >= 15 is 0 Å². The second kappa shape index (κ2) is 7.94. The molecule has 4 heteroatoms. The molecule has 2 aromatic rings. The Bertz CT molecular complexity index is 552. The molecule has 0 fully saturated rings. The van der Waals surface area contributed by atoms with Crippen LogP contribution in [0, 0.1) is 0 Å². The fourth-order valence-corrected chi connectivity index (χ4v) is 1.88. The Morgan fingerprint density at radius 1 is 1.14 bits per heavy atom. The maximum Gasteiger partial charge on any atom is 0.240 e. The third kappa shape index (κ3) is 4.53. The van der Waals surface area contributed by atoms with Crippen molar-refractivity contribution in [3.8, 4) is 0 Å². The van der Waals surface area contributed by atoms with Gasteiger partial charge >= 0.3 is 0 Å². The topological polar surface area (TPSA) is 54.4 Å². The molecule has 1 aromatic carbocycles. The summed E-state index contributed by atoms with van der Waals surface area (Å²) < 4.78 is 0. The number of hydrazone groups is 1. The lowest BCUT2D eigenvalue weighted by Crippen LogP contribution is -2.20. The van der Waals surface area contributed by atoms with Crippen molar-refractivity contribution >= 4 is 11.6 Å². The molecule has 0 bridgehead atoms. The van der Waals surface area contributed by atoms with E-state index in [0.29, 0.717) is 12.1 Å². The van der Waals surface area contributed by atoms with Crippen LogP contribution in [0.2, 0.25) is 0 Å². The van der Waals surface area contributed by atoms with Gasteiger partial charge in [-0.05, 0) is 18.6 Å². The Kier molecular flexibility index (Phi) is 5.64. The van der Waals surface area contributed by atoms with E-state index in [2.05, 4.69) is 22.4 Å². The summed E-state index contributed by atoms with van der Waals surface area (Å²) >= 11 is 0. The van der Waals surface area contributed by atoms with Crippen LogP contribution in [-0.4, -0.2) is 16.6 Å². The number of carbonyl (C=O) groups is 1. The van der Waals surface area contributed by atoms with Crippen LogP contribution in [0.1, 0.15) is 37.4 Å². The van der Waals surface area contributed by atoms with E-state index in [-0.39, 0.29) is 5.91 Å². The predicted molar refractivity (Wildman–Crippen MR) is 84.0 cm³/mol. The number of carbonyl (C=O) groups excluding carboxylic acids is 1. The smallest absolute Gasteiger partial charge is 0.240 e. The Hall–Kier alpha value is -2.49. The molecule has 108 valence electrons. The zero-order valence-corrected chi connectivity index (χ0v) is 12.1. The van der Waals surface area contributed by atoms with Crippen LogP contribution in [0.25, 0.3) is 0 Å². The highest BCUT2D eigenvalue weighted by Crippen LogP contribution is 2.08. The lowest BCUT2D eigenvalue weighted by Gasteiger charge is -2.07. The van der Waals surface area contributed by atoms with Gasteiger partial charge in [-0.3, -0.25) is 9.78 Å². The van der Waals surface area contributed by atoms with Crippen molar-refractivity contribution < 1.29 is 4.79 Å². The van der Waals surface area contributed by atoms with Gasteiger partial charge in [0.25, 0.3) is 0 Å². The molecule has 0 unspecified atom stereocenters. The summed E-state index contributed by atoms with van der Waals surface area (Å²) in [6.45, 7) is 2.06. The third-order valence-electron chi connectivity index (χ3n) is 3.00. The number of amides is 1. The van der Waals surface area contributed by atoms with E-state index in [4.69, 9.17) is 0 Å². The van der Waals surface area contributed by atoms with Crippen molar-refractivity contribution in [1.29, 1.82) is 0 Å². The average Bonchev–Trinajstić information content (AvgIpc) is 2.55. The first kappa shape index (κ1) is 14.9. The lowest BCUT2D eigenvalue weighted by atomic mass is 10.1. The summed E-state index contributed by atoms with van der Waals surface area (Å²) in [6, 6.07) is 15.4. The van der Waals surface area contributed by atoms with E-state index < -0.39 is 0 Å². The molecule has 4 nitrogen and oxygen atoms in total. The van der Waals surface area contributed by atoms with Crippen molar-refractivity contribution in [2.75, 3.05) is 0 Å². The summed E-state index contributed by atoms with van der Waals surface area (Å²) in [6.07, 6.45) is 4.06. The zero-order valence-electron chi connectivity index (χ0n) is 12.1. The number of hydrogen-bond donors (Lipinski definition) is 1. The number of rotatable bonds is 6. The molecule has 1 aromatic heterocycles. The number of nitrogens with zero attached hydrogens (tertiary/aromatic N) is 2. The quantitative estimate of drug-likeness (QED) is 0.653. The maximum atomic E-state index is 11.7. The van der Waals surface area contributed by atoms with E-state index in [1.54, 1.807) is 6.20 Å². The summed E-state index contributed by atoms with van der Waals surface area (Å²) in [4.78, 5) is 16.0. The van der Waals surface area contributed by atoms with Gasteiger partial charge in [0, 0.05) is 18.2 Å². The lowest BCUT2D eigenvalue weighted by molar-refractivity contribution is -0.121. The molecule has 0 atom stereocenters. The number of aromatic nitrogens is 1. The summed E-state index contributed by atoms with van der Waals surface area (Å²) in [5, 5.41) is 4.27.